The minimum absolute atomic E-state index is 0.163. The number of halogens is 1. The molecule has 0 saturated carbocycles. The summed E-state index contributed by atoms with van der Waals surface area (Å²) in [6.45, 7) is 0. The van der Waals surface area contributed by atoms with E-state index in [1.807, 2.05) is 24.3 Å². The Labute approximate surface area is 209 Å². The fraction of sp³-hybridized carbons (Fsp3) is 0.238. The molecule has 3 aromatic rings. The summed E-state index contributed by atoms with van der Waals surface area (Å²) in [4.78, 5) is 12.1. The van der Waals surface area contributed by atoms with Crippen LogP contribution in [0, 0.1) is 0 Å². The van der Waals surface area contributed by atoms with Gasteiger partial charge in [-0.2, -0.15) is 5.10 Å². The number of benzene rings is 2. The van der Waals surface area contributed by atoms with Crippen molar-refractivity contribution in [2.45, 2.75) is 14.4 Å². The number of nitrogens with one attached hydrogen (secondary N) is 1. The van der Waals surface area contributed by atoms with E-state index in [-0.39, 0.29) is 11.7 Å². The summed E-state index contributed by atoms with van der Waals surface area (Å²) in [6.07, 6.45) is 1.50. The molecule has 0 aliphatic carbocycles. The highest BCUT2D eigenvalue weighted by molar-refractivity contribution is 8.03. The van der Waals surface area contributed by atoms with Crippen molar-refractivity contribution in [1.29, 1.82) is 0 Å². The van der Waals surface area contributed by atoms with Crippen LogP contribution in [-0.2, 0) is 10.5 Å². The molecule has 0 radical (unpaired) electrons. The first-order valence-electron chi connectivity index (χ1n) is 9.48. The minimum Gasteiger partial charge on any atom is -0.493 e. The Hall–Kier alpha value is -2.47. The number of rotatable bonds is 11. The first-order chi connectivity index (χ1) is 16.0. The average Bonchev–Trinajstić information content (AvgIpc) is 3.29. The Morgan fingerprint density at radius 3 is 2.39 bits per heavy atom. The molecule has 1 amide bonds. The number of methoxy groups -OCH3 is 3. The lowest BCUT2D eigenvalue weighted by atomic mass is 10.2. The van der Waals surface area contributed by atoms with Crippen molar-refractivity contribution in [2.24, 2.45) is 5.10 Å². The largest absolute Gasteiger partial charge is 0.493 e. The molecular weight excluding hydrogens is 504 g/mol. The number of ether oxygens (including phenoxy) is 3. The summed E-state index contributed by atoms with van der Waals surface area (Å²) < 4.78 is 17.4. The van der Waals surface area contributed by atoms with E-state index in [0.29, 0.717) is 32.9 Å². The number of hydrogen-bond acceptors (Lipinski definition) is 10. The van der Waals surface area contributed by atoms with E-state index in [1.54, 1.807) is 23.9 Å². The van der Waals surface area contributed by atoms with Crippen molar-refractivity contribution in [3.8, 4) is 17.2 Å². The molecule has 1 heterocycles. The van der Waals surface area contributed by atoms with E-state index >= 15 is 0 Å². The number of aromatic nitrogens is 2. The summed E-state index contributed by atoms with van der Waals surface area (Å²) in [5.41, 5.74) is 4.22. The van der Waals surface area contributed by atoms with Gasteiger partial charge in [-0.25, -0.2) is 5.43 Å². The summed E-state index contributed by atoms with van der Waals surface area (Å²) in [7, 11) is 4.60. The van der Waals surface area contributed by atoms with Crippen LogP contribution >= 0.6 is 46.5 Å². The van der Waals surface area contributed by atoms with Gasteiger partial charge < -0.3 is 14.2 Å². The fourth-order valence-corrected chi connectivity index (χ4v) is 5.68. The van der Waals surface area contributed by atoms with Gasteiger partial charge in [-0.15, -0.1) is 10.2 Å². The van der Waals surface area contributed by atoms with Crippen molar-refractivity contribution >= 4 is 58.6 Å². The Kier molecular flexibility index (Phi) is 9.67. The van der Waals surface area contributed by atoms with Crippen LogP contribution in [0.4, 0.5) is 0 Å². The smallest absolute Gasteiger partial charge is 0.250 e. The zero-order valence-corrected chi connectivity index (χ0v) is 21.2. The van der Waals surface area contributed by atoms with E-state index in [0.717, 1.165) is 14.9 Å². The van der Waals surface area contributed by atoms with Gasteiger partial charge in [0.1, 0.15) is 0 Å². The molecule has 0 saturated heterocycles. The maximum absolute atomic E-state index is 12.1. The molecule has 1 N–H and O–H groups in total. The van der Waals surface area contributed by atoms with Gasteiger partial charge in [-0.3, -0.25) is 4.79 Å². The van der Waals surface area contributed by atoms with Crippen LogP contribution in [0.2, 0.25) is 5.02 Å². The van der Waals surface area contributed by atoms with E-state index in [1.165, 1.54) is 50.6 Å². The van der Waals surface area contributed by atoms with Crippen LogP contribution in [-0.4, -0.2) is 49.4 Å². The predicted molar refractivity (Wildman–Crippen MR) is 133 cm³/mol. The van der Waals surface area contributed by atoms with E-state index in [2.05, 4.69) is 20.7 Å². The molecule has 33 heavy (non-hydrogen) atoms. The SMILES string of the molecule is COc1cc(/C=N/NC(=O)CSc2nnc(SCc3ccccc3Cl)s2)cc(OC)c1OC. The quantitative estimate of drug-likeness (QED) is 0.218. The monoisotopic (exact) mass is 524 g/mol. The molecule has 12 heteroatoms. The molecule has 3 rings (SSSR count). The normalized spacial score (nSPS) is 10.9. The van der Waals surface area contributed by atoms with Gasteiger partial charge in [0.25, 0.3) is 5.91 Å². The van der Waals surface area contributed by atoms with Crippen molar-refractivity contribution < 1.29 is 19.0 Å². The van der Waals surface area contributed by atoms with Crippen LogP contribution < -0.4 is 19.6 Å². The van der Waals surface area contributed by atoms with Gasteiger partial charge in [0.15, 0.2) is 20.2 Å². The van der Waals surface area contributed by atoms with Crippen molar-refractivity contribution in [2.75, 3.05) is 27.1 Å². The second kappa shape index (κ2) is 12.7. The summed E-state index contributed by atoms with van der Waals surface area (Å²) in [6, 6.07) is 11.2. The summed E-state index contributed by atoms with van der Waals surface area (Å²) in [5.74, 6) is 2.09. The summed E-state index contributed by atoms with van der Waals surface area (Å²) in [5, 5.41) is 13.0. The molecule has 0 aliphatic heterocycles. The number of thioether (sulfide) groups is 2. The zero-order valence-electron chi connectivity index (χ0n) is 18.0. The maximum Gasteiger partial charge on any atom is 0.250 e. The Morgan fingerprint density at radius 1 is 1.09 bits per heavy atom. The molecule has 0 bridgehead atoms. The van der Waals surface area contributed by atoms with Crippen LogP contribution in [0.3, 0.4) is 0 Å². The molecule has 0 spiro atoms. The van der Waals surface area contributed by atoms with Gasteiger partial charge in [-0.1, -0.05) is 64.7 Å². The van der Waals surface area contributed by atoms with Crippen molar-refractivity contribution in [3.63, 3.8) is 0 Å². The number of amides is 1. The minimum atomic E-state index is -0.260. The molecule has 174 valence electrons. The predicted octanol–water partition coefficient (Wildman–Crippen LogP) is 4.75. The highest BCUT2D eigenvalue weighted by Gasteiger charge is 2.13. The number of carbonyl (C=O) groups is 1. The molecule has 0 fully saturated rings. The third kappa shape index (κ3) is 7.26. The lowest BCUT2D eigenvalue weighted by Gasteiger charge is -2.12. The molecule has 0 atom stereocenters. The Balaban J connectivity index is 1.48. The lowest BCUT2D eigenvalue weighted by Crippen LogP contribution is -2.19. The standard InChI is InChI=1S/C21H21ClN4O4S3/c1-28-16-8-13(9-17(29-2)19(16)30-3)10-23-24-18(27)12-32-21-26-25-20(33-21)31-11-14-6-4-5-7-15(14)22/h4-10H,11-12H2,1-3H3,(H,24,27)/b23-10+. The molecule has 2 aromatic carbocycles. The van der Waals surface area contributed by atoms with Crippen molar-refractivity contribution in [1.82, 2.24) is 15.6 Å². The lowest BCUT2D eigenvalue weighted by molar-refractivity contribution is -0.118. The summed E-state index contributed by atoms with van der Waals surface area (Å²) >= 11 is 10.5. The van der Waals surface area contributed by atoms with Crippen LogP contribution in [0.25, 0.3) is 0 Å². The highest BCUT2D eigenvalue weighted by atomic mass is 35.5. The first-order valence-corrected chi connectivity index (χ1v) is 12.6. The number of hydrogen-bond donors (Lipinski definition) is 1. The van der Waals surface area contributed by atoms with Crippen LogP contribution in [0.1, 0.15) is 11.1 Å². The van der Waals surface area contributed by atoms with Gasteiger partial charge >= 0.3 is 0 Å². The first kappa shape index (κ1) is 25.2. The third-order valence-corrected chi connectivity index (χ3v) is 7.72. The Morgan fingerprint density at radius 2 is 1.76 bits per heavy atom. The second-order valence-corrected chi connectivity index (χ2v) is 10.1. The van der Waals surface area contributed by atoms with E-state index in [9.17, 15) is 4.79 Å². The van der Waals surface area contributed by atoms with E-state index < -0.39 is 0 Å². The maximum atomic E-state index is 12.1. The second-order valence-electron chi connectivity index (χ2n) is 6.25. The molecule has 8 nitrogen and oxygen atoms in total. The third-order valence-electron chi connectivity index (χ3n) is 4.11. The van der Waals surface area contributed by atoms with Crippen LogP contribution in [0.15, 0.2) is 50.2 Å². The zero-order chi connectivity index (χ0) is 23.6. The van der Waals surface area contributed by atoms with Gasteiger partial charge in [0, 0.05) is 16.3 Å². The topological polar surface area (TPSA) is 94.9 Å². The molecule has 1 aromatic heterocycles. The number of hydrazone groups is 1. The van der Waals surface area contributed by atoms with Gasteiger partial charge in [0.05, 0.1) is 33.3 Å². The number of carbonyl (C=O) groups excluding carboxylic acids is 1. The fourth-order valence-electron chi connectivity index (χ4n) is 2.58. The molecule has 0 unspecified atom stereocenters. The number of nitrogens with zero attached hydrogens (tertiary/aromatic N) is 3. The van der Waals surface area contributed by atoms with Crippen LogP contribution in [0.5, 0.6) is 17.2 Å². The average molecular weight is 525 g/mol. The van der Waals surface area contributed by atoms with E-state index in [4.69, 9.17) is 25.8 Å². The van der Waals surface area contributed by atoms with Crippen molar-refractivity contribution in [3.05, 3.63) is 52.5 Å². The van der Waals surface area contributed by atoms with Gasteiger partial charge in [0.2, 0.25) is 5.75 Å². The van der Waals surface area contributed by atoms with Gasteiger partial charge in [-0.05, 0) is 23.8 Å². The molecule has 0 aliphatic rings. The Bertz CT molecular complexity index is 1100. The highest BCUT2D eigenvalue weighted by Crippen LogP contribution is 2.37. The molecular formula is C21H21ClN4O4S3.